The predicted molar refractivity (Wildman–Crippen MR) is 394 cm³/mol. The number of hydrogen-bond acceptors (Lipinski definition) is 10. The first-order chi connectivity index (χ1) is 45.7. The van der Waals surface area contributed by atoms with Crippen molar-refractivity contribution in [2.45, 2.75) is 442 Å². The van der Waals surface area contributed by atoms with Gasteiger partial charge in [0.15, 0.2) is 6.29 Å². The molecule has 93 heavy (non-hydrogen) atoms. The van der Waals surface area contributed by atoms with Crippen LogP contribution in [0.25, 0.3) is 0 Å². The van der Waals surface area contributed by atoms with E-state index in [4.69, 9.17) is 14.2 Å². The van der Waals surface area contributed by atoms with Gasteiger partial charge in [-0.25, -0.2) is 0 Å². The van der Waals surface area contributed by atoms with Crippen LogP contribution in [0.15, 0.2) is 48.6 Å². The normalized spacial score (nSPS) is 17.7. The summed E-state index contributed by atoms with van der Waals surface area (Å²) >= 11 is 0. The Kier molecular flexibility index (Phi) is 67.6. The van der Waals surface area contributed by atoms with Crippen molar-refractivity contribution in [2.75, 3.05) is 19.8 Å². The zero-order valence-corrected chi connectivity index (χ0v) is 61.0. The lowest BCUT2D eigenvalue weighted by Gasteiger charge is -2.40. The molecule has 0 aliphatic carbocycles. The summed E-state index contributed by atoms with van der Waals surface area (Å²) in [4.78, 5) is 25.2. The molecular formula is C82H153NO10. The molecule has 1 rings (SSSR count). The van der Waals surface area contributed by atoms with Crippen molar-refractivity contribution in [2.24, 2.45) is 0 Å². The van der Waals surface area contributed by atoms with Crippen molar-refractivity contribution in [1.29, 1.82) is 0 Å². The molecule has 0 radical (unpaired) electrons. The number of aliphatic hydroxyl groups is 5. The quantitative estimate of drug-likeness (QED) is 0.0195. The first-order valence-electron chi connectivity index (χ1n) is 40.4. The number of unbranched alkanes of at least 4 members (excludes halogenated alkanes) is 52. The van der Waals surface area contributed by atoms with E-state index in [9.17, 15) is 35.1 Å². The van der Waals surface area contributed by atoms with Gasteiger partial charge in [0.05, 0.1) is 32.0 Å². The van der Waals surface area contributed by atoms with Gasteiger partial charge in [-0.2, -0.15) is 0 Å². The molecule has 1 heterocycles. The van der Waals surface area contributed by atoms with Crippen molar-refractivity contribution in [3.05, 3.63) is 48.6 Å². The van der Waals surface area contributed by atoms with Crippen LogP contribution in [0.3, 0.4) is 0 Å². The minimum atomic E-state index is -1.57. The summed E-state index contributed by atoms with van der Waals surface area (Å²) in [7, 11) is 0. The Morgan fingerprint density at radius 3 is 1.15 bits per heavy atom. The van der Waals surface area contributed by atoms with E-state index in [0.717, 1.165) is 57.8 Å². The second-order valence-electron chi connectivity index (χ2n) is 28.1. The Bertz CT molecular complexity index is 1690. The van der Waals surface area contributed by atoms with E-state index in [1.54, 1.807) is 6.08 Å². The Morgan fingerprint density at radius 1 is 0.398 bits per heavy atom. The zero-order chi connectivity index (χ0) is 67.2. The van der Waals surface area contributed by atoms with Gasteiger partial charge >= 0.3 is 5.97 Å². The molecule has 1 saturated heterocycles. The standard InChI is InChI=1S/C82H153NO10/c1-3-5-7-9-11-13-14-15-16-17-37-41-44-47-50-54-58-62-66-70-78(87)91-71-67-63-59-55-51-48-45-42-39-36-34-32-30-28-26-24-22-20-18-19-21-23-25-27-29-31-33-35-38-40-43-46-49-53-57-61-65-69-77(86)83-74(75(85)68-64-60-56-52-12-10-8-6-4-2)73-92-82-81(90)80(89)79(88)76(72-84)93-82/h12,18,20,24,26,52,64,68,74-76,79-82,84-85,88-90H,3-11,13-17,19,21-23,25,27-51,53-63,65-67,69-73H2,1-2H3,(H,83,86)/b20-18-,26-24-,52-12+,68-64+. The van der Waals surface area contributed by atoms with Crippen LogP contribution in [0.2, 0.25) is 0 Å². The molecule has 0 aromatic carbocycles. The molecular weight excluding hydrogens is 1160 g/mol. The second kappa shape index (κ2) is 70.9. The summed E-state index contributed by atoms with van der Waals surface area (Å²) in [5.41, 5.74) is 0. The summed E-state index contributed by atoms with van der Waals surface area (Å²) < 4.78 is 16.7. The van der Waals surface area contributed by atoms with Gasteiger partial charge in [-0.1, -0.05) is 358 Å². The lowest BCUT2D eigenvalue weighted by molar-refractivity contribution is -0.302. The van der Waals surface area contributed by atoms with Crippen LogP contribution in [-0.4, -0.2) is 100 Å². The number of hydrogen-bond donors (Lipinski definition) is 6. The monoisotopic (exact) mass is 1310 g/mol. The van der Waals surface area contributed by atoms with Crippen molar-refractivity contribution >= 4 is 11.9 Å². The molecule has 11 nitrogen and oxygen atoms in total. The molecule has 546 valence electrons. The van der Waals surface area contributed by atoms with Crippen molar-refractivity contribution in [1.82, 2.24) is 5.32 Å². The summed E-state index contributed by atoms with van der Waals surface area (Å²) in [6.07, 6.45) is 84.6. The third kappa shape index (κ3) is 59.4. The number of carbonyl (C=O) groups is 2. The molecule has 7 atom stereocenters. The predicted octanol–water partition coefficient (Wildman–Crippen LogP) is 21.9. The van der Waals surface area contributed by atoms with Gasteiger partial charge in [0.1, 0.15) is 24.4 Å². The van der Waals surface area contributed by atoms with Crippen molar-refractivity contribution in [3.8, 4) is 0 Å². The van der Waals surface area contributed by atoms with E-state index in [0.29, 0.717) is 19.4 Å². The maximum atomic E-state index is 13.0. The minimum absolute atomic E-state index is 0.0177. The molecule has 0 spiro atoms. The summed E-state index contributed by atoms with van der Waals surface area (Å²) in [5, 5.41) is 54.3. The third-order valence-electron chi connectivity index (χ3n) is 19.2. The van der Waals surface area contributed by atoms with E-state index in [2.05, 4.69) is 55.6 Å². The number of nitrogens with one attached hydrogen (secondary N) is 1. The highest BCUT2D eigenvalue weighted by Gasteiger charge is 2.44. The van der Waals surface area contributed by atoms with E-state index in [-0.39, 0.29) is 18.5 Å². The summed E-state index contributed by atoms with van der Waals surface area (Å²) in [5.74, 6) is -0.173. The summed E-state index contributed by atoms with van der Waals surface area (Å²) in [6.45, 7) is 4.33. The van der Waals surface area contributed by atoms with Crippen LogP contribution < -0.4 is 5.32 Å². The lowest BCUT2D eigenvalue weighted by Crippen LogP contribution is -2.60. The van der Waals surface area contributed by atoms with Crippen molar-refractivity contribution in [3.63, 3.8) is 0 Å². The topological polar surface area (TPSA) is 175 Å². The first kappa shape index (κ1) is 88.6. The fourth-order valence-corrected chi connectivity index (χ4v) is 12.8. The molecule has 1 fully saturated rings. The Hall–Kier alpha value is -2.38. The number of esters is 1. The minimum Gasteiger partial charge on any atom is -0.466 e. The Morgan fingerprint density at radius 2 is 0.731 bits per heavy atom. The molecule has 1 aliphatic rings. The second-order valence-corrected chi connectivity index (χ2v) is 28.1. The smallest absolute Gasteiger partial charge is 0.305 e. The van der Waals surface area contributed by atoms with Gasteiger partial charge in [0.25, 0.3) is 0 Å². The lowest BCUT2D eigenvalue weighted by atomic mass is 9.99. The van der Waals surface area contributed by atoms with Gasteiger partial charge in [-0.15, -0.1) is 0 Å². The van der Waals surface area contributed by atoms with Crippen LogP contribution in [0.1, 0.15) is 399 Å². The van der Waals surface area contributed by atoms with E-state index in [1.807, 2.05) is 6.08 Å². The Balaban J connectivity index is 1.86. The molecule has 0 saturated carbocycles. The molecule has 0 aromatic heterocycles. The first-order valence-corrected chi connectivity index (χ1v) is 40.4. The van der Waals surface area contributed by atoms with Gasteiger partial charge in [-0.3, -0.25) is 9.59 Å². The highest BCUT2D eigenvalue weighted by atomic mass is 16.7. The largest absolute Gasteiger partial charge is 0.466 e. The fraction of sp³-hybridized carbons (Fsp3) is 0.878. The Labute approximate surface area is 574 Å². The summed E-state index contributed by atoms with van der Waals surface area (Å²) in [6, 6.07) is -0.825. The number of rotatable bonds is 72. The average molecular weight is 1310 g/mol. The number of ether oxygens (including phenoxy) is 3. The molecule has 0 aromatic rings. The molecule has 7 unspecified atom stereocenters. The third-order valence-corrected chi connectivity index (χ3v) is 19.2. The fourth-order valence-electron chi connectivity index (χ4n) is 12.8. The number of amides is 1. The van der Waals surface area contributed by atoms with E-state index < -0.39 is 49.5 Å². The maximum Gasteiger partial charge on any atom is 0.305 e. The van der Waals surface area contributed by atoms with Gasteiger partial charge in [-0.05, 0) is 77.0 Å². The van der Waals surface area contributed by atoms with Gasteiger partial charge < -0.3 is 45.1 Å². The van der Waals surface area contributed by atoms with Crippen LogP contribution in [0.4, 0.5) is 0 Å². The maximum absolute atomic E-state index is 13.0. The van der Waals surface area contributed by atoms with E-state index >= 15 is 0 Å². The number of allylic oxidation sites excluding steroid dienone is 7. The van der Waals surface area contributed by atoms with Crippen molar-refractivity contribution < 1.29 is 49.3 Å². The SMILES string of the molecule is CCCCC/C=C/CC/C=C/C(O)C(COC1OC(CO)C(O)C(O)C1O)NC(=O)CCCCCCCCCCCCCCCCCCC/C=C\C/C=C\CCCCCCCCCCCCCCCOC(=O)CCCCCCCCCCCCCCCCCCCCC. The highest BCUT2D eigenvalue weighted by molar-refractivity contribution is 5.76. The molecule has 0 bridgehead atoms. The van der Waals surface area contributed by atoms with Gasteiger partial charge in [0, 0.05) is 12.8 Å². The zero-order valence-electron chi connectivity index (χ0n) is 61.0. The highest BCUT2D eigenvalue weighted by Crippen LogP contribution is 2.24. The molecule has 6 N–H and O–H groups in total. The number of carbonyl (C=O) groups excluding carboxylic acids is 2. The molecule has 1 aliphatic heterocycles. The average Bonchev–Trinajstić information content (AvgIpc) is 1.10. The van der Waals surface area contributed by atoms with Crippen LogP contribution in [-0.2, 0) is 23.8 Å². The van der Waals surface area contributed by atoms with E-state index in [1.165, 1.54) is 315 Å². The number of aliphatic hydroxyl groups excluding tert-OH is 5. The van der Waals surface area contributed by atoms with Crippen LogP contribution in [0, 0.1) is 0 Å². The van der Waals surface area contributed by atoms with Crippen LogP contribution >= 0.6 is 0 Å². The molecule has 1 amide bonds. The molecule has 11 heteroatoms. The van der Waals surface area contributed by atoms with Crippen LogP contribution in [0.5, 0.6) is 0 Å². The van der Waals surface area contributed by atoms with Gasteiger partial charge in [0.2, 0.25) is 5.91 Å².